The summed E-state index contributed by atoms with van der Waals surface area (Å²) < 4.78 is 1.02. The van der Waals surface area contributed by atoms with Crippen LogP contribution in [-0.2, 0) is 0 Å². The Kier molecular flexibility index (Phi) is 5.62. The highest BCUT2D eigenvalue weighted by Gasteiger charge is 2.14. The van der Waals surface area contributed by atoms with Crippen LogP contribution >= 0.6 is 15.9 Å². The minimum absolute atomic E-state index is 0.0453. The first-order chi connectivity index (χ1) is 9.70. The number of nitrogens with one attached hydrogen (secondary N) is 1. The zero-order valence-electron chi connectivity index (χ0n) is 11.6. The van der Waals surface area contributed by atoms with E-state index >= 15 is 0 Å². The van der Waals surface area contributed by atoms with Crippen molar-refractivity contribution in [1.29, 1.82) is 0 Å². The molecule has 106 valence electrons. The zero-order chi connectivity index (χ0) is 14.4. The molecule has 2 aromatic rings. The number of halogens is 1. The second kappa shape index (κ2) is 7.46. The molecule has 0 bridgehead atoms. The summed E-state index contributed by atoms with van der Waals surface area (Å²) in [6, 6.07) is 18.4. The standard InChI is InChI=1S/C17H20BrNO/c1-13(14-7-3-2-4-8-14)11-15(12-20)19-17-10-6-5-9-16(17)18/h2-10,13,15,19-20H,11-12H2,1H3. The Morgan fingerprint density at radius 1 is 1.05 bits per heavy atom. The van der Waals surface area contributed by atoms with Gasteiger partial charge in [0.2, 0.25) is 0 Å². The highest BCUT2D eigenvalue weighted by atomic mass is 79.9. The van der Waals surface area contributed by atoms with E-state index in [1.54, 1.807) is 0 Å². The summed E-state index contributed by atoms with van der Waals surface area (Å²) in [5.41, 5.74) is 2.33. The van der Waals surface area contributed by atoms with Crippen LogP contribution in [0.5, 0.6) is 0 Å². The van der Waals surface area contributed by atoms with Gasteiger partial charge in [0, 0.05) is 16.2 Å². The predicted octanol–water partition coefficient (Wildman–Crippen LogP) is 4.42. The number of benzene rings is 2. The van der Waals surface area contributed by atoms with E-state index < -0.39 is 0 Å². The maximum atomic E-state index is 9.60. The number of aliphatic hydroxyl groups is 1. The van der Waals surface area contributed by atoms with Crippen LogP contribution in [0.1, 0.15) is 24.8 Å². The summed E-state index contributed by atoms with van der Waals surface area (Å²) in [4.78, 5) is 0. The van der Waals surface area contributed by atoms with E-state index in [0.717, 1.165) is 16.6 Å². The second-order valence-electron chi connectivity index (χ2n) is 5.05. The maximum absolute atomic E-state index is 9.60. The van der Waals surface area contributed by atoms with Crippen molar-refractivity contribution < 1.29 is 5.11 Å². The van der Waals surface area contributed by atoms with Gasteiger partial charge in [-0.3, -0.25) is 0 Å². The van der Waals surface area contributed by atoms with Crippen molar-refractivity contribution >= 4 is 21.6 Å². The average Bonchev–Trinajstić information content (AvgIpc) is 2.49. The number of aliphatic hydroxyl groups excluding tert-OH is 1. The molecule has 2 nitrogen and oxygen atoms in total. The van der Waals surface area contributed by atoms with Crippen LogP contribution in [0, 0.1) is 0 Å². The van der Waals surface area contributed by atoms with Crippen molar-refractivity contribution in [3.8, 4) is 0 Å². The number of rotatable bonds is 6. The van der Waals surface area contributed by atoms with Gasteiger partial charge in [0.05, 0.1) is 6.61 Å². The molecule has 0 aliphatic carbocycles. The van der Waals surface area contributed by atoms with Crippen molar-refractivity contribution in [3.63, 3.8) is 0 Å². The normalized spacial score (nSPS) is 13.8. The highest BCUT2D eigenvalue weighted by Crippen LogP contribution is 2.25. The lowest BCUT2D eigenvalue weighted by molar-refractivity contribution is 0.264. The van der Waals surface area contributed by atoms with E-state index in [2.05, 4.69) is 52.4 Å². The second-order valence-corrected chi connectivity index (χ2v) is 5.91. The van der Waals surface area contributed by atoms with Crippen LogP contribution in [0.25, 0.3) is 0 Å². The third-order valence-electron chi connectivity index (χ3n) is 3.46. The lowest BCUT2D eigenvalue weighted by Gasteiger charge is -2.22. The minimum Gasteiger partial charge on any atom is -0.394 e. The SMILES string of the molecule is CC(CC(CO)Nc1ccccc1Br)c1ccccc1. The lowest BCUT2D eigenvalue weighted by atomic mass is 9.94. The Morgan fingerprint density at radius 2 is 1.70 bits per heavy atom. The number of anilines is 1. The molecule has 0 aromatic heterocycles. The zero-order valence-corrected chi connectivity index (χ0v) is 13.2. The van der Waals surface area contributed by atoms with Crippen molar-refractivity contribution in [2.75, 3.05) is 11.9 Å². The Labute approximate surface area is 129 Å². The third kappa shape index (κ3) is 4.09. The molecule has 0 saturated heterocycles. The summed E-state index contributed by atoms with van der Waals surface area (Å²) in [5.74, 6) is 0.406. The van der Waals surface area contributed by atoms with Gasteiger partial charge in [-0.2, -0.15) is 0 Å². The van der Waals surface area contributed by atoms with Gasteiger partial charge < -0.3 is 10.4 Å². The summed E-state index contributed by atoms with van der Waals surface area (Å²) in [6.07, 6.45) is 0.891. The Bertz CT molecular complexity index is 530. The van der Waals surface area contributed by atoms with Crippen LogP contribution in [-0.4, -0.2) is 17.8 Å². The van der Waals surface area contributed by atoms with Crippen LogP contribution < -0.4 is 5.32 Å². The van der Waals surface area contributed by atoms with E-state index in [0.29, 0.717) is 5.92 Å². The summed E-state index contributed by atoms with van der Waals surface area (Å²) in [5, 5.41) is 13.0. The smallest absolute Gasteiger partial charge is 0.0633 e. The fraction of sp³-hybridized carbons (Fsp3) is 0.294. The quantitative estimate of drug-likeness (QED) is 0.820. The maximum Gasteiger partial charge on any atom is 0.0633 e. The van der Waals surface area contributed by atoms with E-state index in [4.69, 9.17) is 0 Å². The third-order valence-corrected chi connectivity index (χ3v) is 4.15. The summed E-state index contributed by atoms with van der Waals surface area (Å²) in [6.45, 7) is 2.32. The Hall–Kier alpha value is -1.32. The molecule has 0 saturated carbocycles. The van der Waals surface area contributed by atoms with Gasteiger partial charge in [0.1, 0.15) is 0 Å². The molecular formula is C17H20BrNO. The van der Waals surface area contributed by atoms with E-state index in [1.807, 2.05) is 30.3 Å². The molecule has 2 N–H and O–H groups in total. The number of hydrogen-bond donors (Lipinski definition) is 2. The fourth-order valence-corrected chi connectivity index (χ4v) is 2.72. The summed E-state index contributed by atoms with van der Waals surface area (Å²) >= 11 is 3.52. The molecule has 20 heavy (non-hydrogen) atoms. The Balaban J connectivity index is 2.01. The molecule has 2 unspecified atom stereocenters. The minimum atomic E-state index is 0.0453. The van der Waals surface area contributed by atoms with E-state index in [9.17, 15) is 5.11 Å². The molecule has 3 heteroatoms. The van der Waals surface area contributed by atoms with E-state index in [1.165, 1.54) is 5.56 Å². The first-order valence-corrected chi connectivity index (χ1v) is 7.67. The summed E-state index contributed by atoms with van der Waals surface area (Å²) in [7, 11) is 0. The van der Waals surface area contributed by atoms with Gasteiger partial charge in [0.15, 0.2) is 0 Å². The first kappa shape index (κ1) is 15.1. The fourth-order valence-electron chi connectivity index (χ4n) is 2.32. The molecule has 0 aliphatic rings. The van der Waals surface area contributed by atoms with Gasteiger partial charge in [-0.05, 0) is 46.0 Å². The van der Waals surface area contributed by atoms with Gasteiger partial charge in [-0.1, -0.05) is 49.4 Å². The van der Waals surface area contributed by atoms with Gasteiger partial charge in [-0.15, -0.1) is 0 Å². The molecule has 0 fully saturated rings. The molecule has 0 spiro atoms. The topological polar surface area (TPSA) is 32.3 Å². The van der Waals surface area contributed by atoms with Gasteiger partial charge in [-0.25, -0.2) is 0 Å². The van der Waals surface area contributed by atoms with Crippen LogP contribution in [0.4, 0.5) is 5.69 Å². The van der Waals surface area contributed by atoms with Crippen LogP contribution in [0.15, 0.2) is 59.1 Å². The molecule has 2 atom stereocenters. The lowest BCUT2D eigenvalue weighted by Crippen LogP contribution is -2.25. The van der Waals surface area contributed by atoms with Crippen LogP contribution in [0.3, 0.4) is 0 Å². The van der Waals surface area contributed by atoms with Crippen molar-refractivity contribution in [2.45, 2.75) is 25.3 Å². The predicted molar refractivity (Wildman–Crippen MR) is 88.1 cm³/mol. The molecule has 2 aromatic carbocycles. The van der Waals surface area contributed by atoms with Gasteiger partial charge in [0.25, 0.3) is 0 Å². The average molecular weight is 334 g/mol. The number of para-hydroxylation sites is 1. The first-order valence-electron chi connectivity index (χ1n) is 6.87. The van der Waals surface area contributed by atoms with Crippen molar-refractivity contribution in [3.05, 3.63) is 64.6 Å². The largest absolute Gasteiger partial charge is 0.394 e. The highest BCUT2D eigenvalue weighted by molar-refractivity contribution is 9.10. The Morgan fingerprint density at radius 3 is 2.35 bits per heavy atom. The molecule has 0 aliphatic heterocycles. The molecule has 2 rings (SSSR count). The van der Waals surface area contributed by atoms with Gasteiger partial charge >= 0.3 is 0 Å². The van der Waals surface area contributed by atoms with Crippen molar-refractivity contribution in [2.24, 2.45) is 0 Å². The molecular weight excluding hydrogens is 314 g/mol. The number of hydrogen-bond acceptors (Lipinski definition) is 2. The molecule has 0 heterocycles. The molecule has 0 radical (unpaired) electrons. The van der Waals surface area contributed by atoms with Crippen LogP contribution in [0.2, 0.25) is 0 Å². The molecule has 0 amide bonds. The monoisotopic (exact) mass is 333 g/mol. The van der Waals surface area contributed by atoms with Crippen molar-refractivity contribution in [1.82, 2.24) is 0 Å². The van der Waals surface area contributed by atoms with E-state index in [-0.39, 0.29) is 12.6 Å².